The number of benzene rings is 1. The predicted octanol–water partition coefficient (Wildman–Crippen LogP) is 2.62. The van der Waals surface area contributed by atoms with Gasteiger partial charge in [0.25, 0.3) is 5.91 Å². The molecule has 0 amide bonds. The Morgan fingerprint density at radius 3 is 2.75 bits per heavy atom. The van der Waals surface area contributed by atoms with Crippen LogP contribution in [0.15, 0.2) is 35.3 Å². The SMILES string of the molecule is Cc1cc(C)c2[nH]c3c(c(=O)c2c1)C(=O)n1cccc1-3. The fourth-order valence-corrected chi connectivity index (χ4v) is 3.03. The summed E-state index contributed by atoms with van der Waals surface area (Å²) in [7, 11) is 0. The molecule has 3 heterocycles. The molecule has 0 spiro atoms. The molecule has 1 N–H and O–H groups in total. The minimum absolute atomic E-state index is 0.186. The molecule has 3 aromatic rings. The maximum Gasteiger partial charge on any atom is 0.268 e. The number of rotatable bonds is 0. The van der Waals surface area contributed by atoms with E-state index in [0.717, 1.165) is 22.3 Å². The zero-order valence-corrected chi connectivity index (χ0v) is 11.2. The van der Waals surface area contributed by atoms with Gasteiger partial charge in [-0.2, -0.15) is 0 Å². The molecule has 4 heteroatoms. The highest BCUT2D eigenvalue weighted by Crippen LogP contribution is 2.30. The highest BCUT2D eigenvalue weighted by atomic mass is 16.2. The first-order chi connectivity index (χ1) is 9.58. The Hall–Kier alpha value is -2.62. The lowest BCUT2D eigenvalue weighted by molar-refractivity contribution is 0.0968. The molecule has 0 aliphatic carbocycles. The molecule has 4 nitrogen and oxygen atoms in total. The van der Waals surface area contributed by atoms with Crippen LogP contribution in [-0.2, 0) is 0 Å². The standard InChI is InChI=1S/C16H12N2O2/c1-8-6-9(2)13-10(7-8)15(19)12-14(17-13)11-4-3-5-18(11)16(12)20/h3-7H,1-2H3,(H,17,19). The van der Waals surface area contributed by atoms with E-state index in [4.69, 9.17) is 0 Å². The van der Waals surface area contributed by atoms with E-state index in [1.54, 1.807) is 12.3 Å². The monoisotopic (exact) mass is 264 g/mol. The Bertz CT molecular complexity index is 961. The third-order valence-corrected chi connectivity index (χ3v) is 3.89. The topological polar surface area (TPSA) is 54.9 Å². The Morgan fingerprint density at radius 1 is 1.15 bits per heavy atom. The van der Waals surface area contributed by atoms with Gasteiger partial charge in [-0.25, -0.2) is 0 Å². The number of nitrogens with one attached hydrogen (secondary N) is 1. The molecule has 0 fully saturated rings. The van der Waals surface area contributed by atoms with E-state index in [1.165, 1.54) is 4.57 Å². The van der Waals surface area contributed by atoms with Crippen LogP contribution in [0.5, 0.6) is 0 Å². The van der Waals surface area contributed by atoms with Crippen LogP contribution in [0.3, 0.4) is 0 Å². The van der Waals surface area contributed by atoms with E-state index in [0.29, 0.717) is 11.1 Å². The number of fused-ring (bicyclic) bond motifs is 4. The maximum atomic E-state index is 12.6. The van der Waals surface area contributed by atoms with Crippen molar-refractivity contribution in [3.8, 4) is 11.4 Å². The number of pyridine rings is 1. The smallest absolute Gasteiger partial charge is 0.268 e. The third-order valence-electron chi connectivity index (χ3n) is 3.89. The molecule has 0 bridgehead atoms. The molecule has 98 valence electrons. The van der Waals surface area contributed by atoms with Gasteiger partial charge in [-0.15, -0.1) is 0 Å². The van der Waals surface area contributed by atoms with Crippen molar-refractivity contribution >= 4 is 16.8 Å². The predicted molar refractivity (Wildman–Crippen MR) is 77.2 cm³/mol. The number of hydrogen-bond donors (Lipinski definition) is 1. The summed E-state index contributed by atoms with van der Waals surface area (Å²) < 4.78 is 1.52. The number of aryl methyl sites for hydroxylation is 2. The van der Waals surface area contributed by atoms with Gasteiger partial charge < -0.3 is 4.98 Å². The van der Waals surface area contributed by atoms with Gasteiger partial charge in [0, 0.05) is 11.6 Å². The second-order valence-corrected chi connectivity index (χ2v) is 5.28. The molecular formula is C16H12N2O2. The Kier molecular flexibility index (Phi) is 1.95. The van der Waals surface area contributed by atoms with Crippen LogP contribution in [0.25, 0.3) is 22.3 Å². The van der Waals surface area contributed by atoms with E-state index in [-0.39, 0.29) is 16.9 Å². The Labute approximate surface area is 114 Å². The Morgan fingerprint density at radius 2 is 1.95 bits per heavy atom. The lowest BCUT2D eigenvalue weighted by Crippen LogP contribution is -2.17. The lowest BCUT2D eigenvalue weighted by atomic mass is 10.0. The quantitative estimate of drug-likeness (QED) is 0.531. The summed E-state index contributed by atoms with van der Waals surface area (Å²) in [5.41, 5.74) is 4.28. The highest BCUT2D eigenvalue weighted by Gasteiger charge is 2.30. The summed E-state index contributed by atoms with van der Waals surface area (Å²) in [6, 6.07) is 7.51. The Balaban J connectivity index is 2.24. The molecule has 1 aliphatic rings. The minimum atomic E-state index is -0.248. The van der Waals surface area contributed by atoms with Crippen LogP contribution in [0.1, 0.15) is 21.5 Å². The highest BCUT2D eigenvalue weighted by molar-refractivity contribution is 6.10. The van der Waals surface area contributed by atoms with Crippen molar-refractivity contribution in [2.24, 2.45) is 0 Å². The molecule has 0 atom stereocenters. The van der Waals surface area contributed by atoms with Crippen molar-refractivity contribution in [2.75, 3.05) is 0 Å². The van der Waals surface area contributed by atoms with E-state index in [1.807, 2.05) is 32.0 Å². The molecule has 0 radical (unpaired) electrons. The summed E-state index contributed by atoms with van der Waals surface area (Å²) >= 11 is 0. The van der Waals surface area contributed by atoms with Crippen molar-refractivity contribution in [3.05, 3.63) is 57.4 Å². The number of hydrogen-bond acceptors (Lipinski definition) is 2. The zero-order chi connectivity index (χ0) is 14.0. The van der Waals surface area contributed by atoms with Crippen molar-refractivity contribution in [1.29, 1.82) is 0 Å². The first kappa shape index (κ1) is 11.2. The summed E-state index contributed by atoms with van der Waals surface area (Å²) in [6.45, 7) is 3.91. The van der Waals surface area contributed by atoms with E-state index in [2.05, 4.69) is 4.98 Å². The molecule has 0 saturated heterocycles. The average Bonchev–Trinajstić information content (AvgIpc) is 2.95. The van der Waals surface area contributed by atoms with Gasteiger partial charge in [0.2, 0.25) is 5.43 Å². The van der Waals surface area contributed by atoms with Crippen molar-refractivity contribution in [3.63, 3.8) is 0 Å². The van der Waals surface area contributed by atoms with Crippen LogP contribution < -0.4 is 5.43 Å². The molecule has 1 aliphatic heterocycles. The summed E-state index contributed by atoms with van der Waals surface area (Å²) in [6.07, 6.45) is 1.69. The average molecular weight is 264 g/mol. The van der Waals surface area contributed by atoms with Gasteiger partial charge in [-0.1, -0.05) is 6.07 Å². The summed E-state index contributed by atoms with van der Waals surface area (Å²) in [5, 5.41) is 0.584. The second kappa shape index (κ2) is 3.48. The number of aromatic nitrogens is 2. The van der Waals surface area contributed by atoms with Gasteiger partial charge in [0.05, 0.1) is 16.9 Å². The molecule has 20 heavy (non-hydrogen) atoms. The van der Waals surface area contributed by atoms with Gasteiger partial charge in [-0.3, -0.25) is 14.2 Å². The lowest BCUT2D eigenvalue weighted by Gasteiger charge is -2.07. The van der Waals surface area contributed by atoms with Crippen LogP contribution in [-0.4, -0.2) is 15.5 Å². The zero-order valence-electron chi connectivity index (χ0n) is 11.2. The van der Waals surface area contributed by atoms with Crippen LogP contribution in [0.4, 0.5) is 0 Å². The fourth-order valence-electron chi connectivity index (χ4n) is 3.03. The van der Waals surface area contributed by atoms with Crippen LogP contribution >= 0.6 is 0 Å². The number of nitrogens with zero attached hydrogens (tertiary/aromatic N) is 1. The normalized spacial score (nSPS) is 12.8. The molecule has 0 saturated carbocycles. The van der Waals surface area contributed by atoms with E-state index < -0.39 is 0 Å². The molecular weight excluding hydrogens is 252 g/mol. The third kappa shape index (κ3) is 1.20. The first-order valence-corrected chi connectivity index (χ1v) is 6.47. The fraction of sp³-hybridized carbons (Fsp3) is 0.125. The van der Waals surface area contributed by atoms with Gasteiger partial charge in [0.1, 0.15) is 5.56 Å². The van der Waals surface area contributed by atoms with Crippen molar-refractivity contribution in [2.45, 2.75) is 13.8 Å². The molecule has 1 aromatic carbocycles. The van der Waals surface area contributed by atoms with E-state index >= 15 is 0 Å². The number of carbonyl (C=O) groups is 1. The largest absolute Gasteiger partial charge is 0.352 e. The summed E-state index contributed by atoms with van der Waals surface area (Å²) in [4.78, 5) is 28.2. The first-order valence-electron chi connectivity index (χ1n) is 6.47. The second-order valence-electron chi connectivity index (χ2n) is 5.28. The van der Waals surface area contributed by atoms with Gasteiger partial charge >= 0.3 is 0 Å². The van der Waals surface area contributed by atoms with Gasteiger partial charge in [-0.05, 0) is 43.2 Å². The van der Waals surface area contributed by atoms with Crippen molar-refractivity contribution in [1.82, 2.24) is 9.55 Å². The van der Waals surface area contributed by atoms with Crippen LogP contribution in [0, 0.1) is 13.8 Å². The van der Waals surface area contributed by atoms with Crippen LogP contribution in [0.2, 0.25) is 0 Å². The molecule has 4 rings (SSSR count). The molecule has 0 unspecified atom stereocenters. The van der Waals surface area contributed by atoms with E-state index in [9.17, 15) is 9.59 Å². The molecule has 2 aromatic heterocycles. The minimum Gasteiger partial charge on any atom is -0.352 e. The number of aromatic amines is 1. The maximum absolute atomic E-state index is 12.6. The number of H-pyrrole nitrogens is 1. The van der Waals surface area contributed by atoms with Crippen molar-refractivity contribution < 1.29 is 4.79 Å². The number of carbonyl (C=O) groups excluding carboxylic acids is 1. The summed E-state index contributed by atoms with van der Waals surface area (Å²) in [5.74, 6) is -0.248. The van der Waals surface area contributed by atoms with Gasteiger partial charge in [0.15, 0.2) is 0 Å².